The van der Waals surface area contributed by atoms with E-state index in [4.69, 9.17) is 9.47 Å². The Morgan fingerprint density at radius 3 is 2.74 bits per heavy atom. The first-order chi connectivity index (χ1) is 12.7. The van der Waals surface area contributed by atoms with Crippen LogP contribution in [0.25, 0.3) is 5.69 Å². The monoisotopic (exact) mass is 501 g/mol. The minimum atomic E-state index is -0.519. The van der Waals surface area contributed by atoms with Gasteiger partial charge in [-0.2, -0.15) is 9.78 Å². The van der Waals surface area contributed by atoms with Gasteiger partial charge in [0.25, 0.3) is 5.56 Å². The molecule has 1 heterocycles. The van der Waals surface area contributed by atoms with Crippen molar-refractivity contribution in [1.82, 2.24) is 15.1 Å². The Morgan fingerprint density at radius 1 is 1.30 bits per heavy atom. The average Bonchev–Trinajstić information content (AvgIpc) is 2.58. The minimum Gasteiger partial charge on any atom is -0.493 e. The number of benzene rings is 1. The van der Waals surface area contributed by atoms with Crippen LogP contribution in [0.1, 0.15) is 27.2 Å². The number of hydrogen-bond acceptors (Lipinski definition) is 5. The second-order valence-corrected chi connectivity index (χ2v) is 8.30. The van der Waals surface area contributed by atoms with Gasteiger partial charge in [-0.3, -0.25) is 4.79 Å². The standard InChI is InChI=1S/C18H21Br2N3O4/c1-18(2,3)27-17(25)21-8-5-9-26-13-7-4-6-12(10-13)23-16(24)15(20)14(19)11-22-23/h4,6-7,10-11H,5,8-9H2,1-3H3,(H,21,25). The van der Waals surface area contributed by atoms with Crippen LogP contribution in [-0.2, 0) is 4.74 Å². The van der Waals surface area contributed by atoms with Crippen LogP contribution >= 0.6 is 31.9 Å². The zero-order valence-electron chi connectivity index (χ0n) is 15.3. The van der Waals surface area contributed by atoms with Gasteiger partial charge in [-0.15, -0.1) is 0 Å². The number of aromatic nitrogens is 2. The van der Waals surface area contributed by atoms with Crippen LogP contribution in [0.2, 0.25) is 0 Å². The lowest BCUT2D eigenvalue weighted by atomic mass is 10.2. The third-order valence-corrected chi connectivity index (χ3v) is 5.10. The molecule has 146 valence electrons. The number of nitrogens with zero attached hydrogens (tertiary/aromatic N) is 2. The molecule has 0 fully saturated rings. The minimum absolute atomic E-state index is 0.275. The Kier molecular flexibility index (Phi) is 7.43. The van der Waals surface area contributed by atoms with E-state index in [9.17, 15) is 9.59 Å². The first kappa shape index (κ1) is 21.4. The van der Waals surface area contributed by atoms with Crippen LogP contribution in [-0.4, -0.2) is 34.6 Å². The van der Waals surface area contributed by atoms with Gasteiger partial charge in [-0.05, 0) is 71.2 Å². The Morgan fingerprint density at radius 2 is 2.04 bits per heavy atom. The summed E-state index contributed by atoms with van der Waals surface area (Å²) in [6.07, 6.45) is 1.71. The Balaban J connectivity index is 1.89. The van der Waals surface area contributed by atoms with Gasteiger partial charge in [0, 0.05) is 12.6 Å². The SMILES string of the molecule is CC(C)(C)OC(=O)NCCCOc1cccc(-n2ncc(Br)c(Br)c2=O)c1. The first-order valence-electron chi connectivity index (χ1n) is 8.31. The highest BCUT2D eigenvalue weighted by atomic mass is 79.9. The second-order valence-electron chi connectivity index (χ2n) is 6.65. The number of carbonyl (C=O) groups excluding carboxylic acids is 1. The van der Waals surface area contributed by atoms with Crippen molar-refractivity contribution in [2.24, 2.45) is 0 Å². The summed E-state index contributed by atoms with van der Waals surface area (Å²) in [5.41, 5.74) is -0.199. The van der Waals surface area contributed by atoms with Crippen molar-refractivity contribution in [3.63, 3.8) is 0 Å². The van der Waals surface area contributed by atoms with Crippen molar-refractivity contribution in [1.29, 1.82) is 0 Å². The molecule has 9 heteroatoms. The van der Waals surface area contributed by atoms with Crippen LogP contribution in [0.5, 0.6) is 5.75 Å². The topological polar surface area (TPSA) is 82.4 Å². The van der Waals surface area contributed by atoms with E-state index in [0.29, 0.717) is 40.0 Å². The Labute approximate surface area is 174 Å². The molecule has 1 amide bonds. The molecule has 27 heavy (non-hydrogen) atoms. The number of amides is 1. The summed E-state index contributed by atoms with van der Waals surface area (Å²) in [7, 11) is 0. The fourth-order valence-corrected chi connectivity index (χ4v) is 2.60. The first-order valence-corrected chi connectivity index (χ1v) is 9.89. The van der Waals surface area contributed by atoms with Crippen molar-refractivity contribution in [2.45, 2.75) is 32.8 Å². The fourth-order valence-electron chi connectivity index (χ4n) is 2.07. The van der Waals surface area contributed by atoms with Crippen LogP contribution in [0.3, 0.4) is 0 Å². The average molecular weight is 503 g/mol. The zero-order valence-corrected chi connectivity index (χ0v) is 18.5. The van der Waals surface area contributed by atoms with Crippen LogP contribution in [0.4, 0.5) is 4.79 Å². The molecule has 7 nitrogen and oxygen atoms in total. The fraction of sp³-hybridized carbons (Fsp3) is 0.389. The van der Waals surface area contributed by atoms with E-state index in [0.717, 1.165) is 0 Å². The second kappa shape index (κ2) is 9.36. The van der Waals surface area contributed by atoms with Gasteiger partial charge in [0.2, 0.25) is 0 Å². The largest absolute Gasteiger partial charge is 0.493 e. The summed E-state index contributed by atoms with van der Waals surface area (Å²) >= 11 is 6.49. The van der Waals surface area contributed by atoms with E-state index in [1.165, 1.54) is 4.68 Å². The number of halogens is 2. The zero-order chi connectivity index (χ0) is 20.0. The number of alkyl carbamates (subject to hydrolysis) is 1. The molecule has 1 aromatic carbocycles. The van der Waals surface area contributed by atoms with Gasteiger partial charge >= 0.3 is 6.09 Å². The lowest BCUT2D eigenvalue weighted by Gasteiger charge is -2.19. The van der Waals surface area contributed by atoms with E-state index < -0.39 is 11.7 Å². The maximum Gasteiger partial charge on any atom is 0.407 e. The molecule has 0 aliphatic heterocycles. The van der Waals surface area contributed by atoms with Gasteiger partial charge in [0.05, 0.1) is 23.0 Å². The van der Waals surface area contributed by atoms with Crippen LogP contribution in [0.15, 0.2) is 44.2 Å². The van der Waals surface area contributed by atoms with Gasteiger partial charge in [0.1, 0.15) is 15.8 Å². The summed E-state index contributed by atoms with van der Waals surface area (Å²) < 4.78 is 13.1. The maximum absolute atomic E-state index is 12.3. The lowest BCUT2D eigenvalue weighted by molar-refractivity contribution is 0.0525. The molecule has 2 rings (SSSR count). The van der Waals surface area contributed by atoms with Crippen molar-refractivity contribution < 1.29 is 14.3 Å². The highest BCUT2D eigenvalue weighted by molar-refractivity contribution is 9.13. The summed E-state index contributed by atoms with van der Waals surface area (Å²) in [5, 5.41) is 6.79. The molecule has 1 N–H and O–H groups in total. The number of hydrogen-bond donors (Lipinski definition) is 1. The smallest absolute Gasteiger partial charge is 0.407 e. The predicted octanol–water partition coefficient (Wildman–Crippen LogP) is 4.05. The summed E-state index contributed by atoms with van der Waals surface area (Å²) in [5.74, 6) is 0.609. The van der Waals surface area contributed by atoms with Crippen molar-refractivity contribution in [3.8, 4) is 11.4 Å². The molecule has 0 radical (unpaired) electrons. The normalized spacial score (nSPS) is 11.1. The van der Waals surface area contributed by atoms with Gasteiger partial charge < -0.3 is 14.8 Å². The van der Waals surface area contributed by atoms with Crippen molar-refractivity contribution in [3.05, 3.63) is 49.8 Å². The molecular formula is C18H21Br2N3O4. The van der Waals surface area contributed by atoms with Gasteiger partial charge in [-0.1, -0.05) is 6.07 Å². The maximum atomic E-state index is 12.3. The summed E-state index contributed by atoms with van der Waals surface area (Å²) in [6, 6.07) is 7.08. The van der Waals surface area contributed by atoms with E-state index in [1.807, 2.05) is 20.8 Å². The number of nitrogens with one attached hydrogen (secondary N) is 1. The molecule has 0 bridgehead atoms. The molecular weight excluding hydrogens is 482 g/mol. The molecule has 0 aliphatic carbocycles. The van der Waals surface area contributed by atoms with E-state index in [-0.39, 0.29) is 5.56 Å². The molecule has 0 spiro atoms. The van der Waals surface area contributed by atoms with Gasteiger partial charge in [-0.25, -0.2) is 4.79 Å². The third-order valence-electron chi connectivity index (χ3n) is 3.20. The van der Waals surface area contributed by atoms with Crippen molar-refractivity contribution in [2.75, 3.05) is 13.2 Å². The number of rotatable bonds is 6. The van der Waals surface area contributed by atoms with E-state index >= 15 is 0 Å². The molecule has 0 atom stereocenters. The molecule has 0 saturated heterocycles. The highest BCUT2D eigenvalue weighted by Gasteiger charge is 2.15. The Bertz CT molecular complexity index is 862. The van der Waals surface area contributed by atoms with Crippen LogP contribution < -0.4 is 15.6 Å². The summed E-state index contributed by atoms with van der Waals surface area (Å²) in [6.45, 7) is 6.29. The molecule has 0 aliphatic rings. The highest BCUT2D eigenvalue weighted by Crippen LogP contribution is 2.19. The van der Waals surface area contributed by atoms with Crippen LogP contribution in [0, 0.1) is 0 Å². The van der Waals surface area contributed by atoms with Gasteiger partial charge in [0.15, 0.2) is 0 Å². The quantitative estimate of drug-likeness (QED) is 0.602. The Hall–Kier alpha value is -1.87. The number of ether oxygens (including phenoxy) is 2. The molecule has 0 unspecified atom stereocenters. The molecule has 2 aromatic rings. The molecule has 1 aromatic heterocycles. The van der Waals surface area contributed by atoms with E-state index in [2.05, 4.69) is 42.3 Å². The summed E-state index contributed by atoms with van der Waals surface area (Å²) in [4.78, 5) is 23.9. The predicted molar refractivity (Wildman–Crippen MR) is 110 cm³/mol. The van der Waals surface area contributed by atoms with Crippen molar-refractivity contribution >= 4 is 38.0 Å². The number of carbonyl (C=O) groups is 1. The molecule has 0 saturated carbocycles. The third kappa shape index (κ3) is 6.66. The van der Waals surface area contributed by atoms with E-state index in [1.54, 1.807) is 30.5 Å². The lowest BCUT2D eigenvalue weighted by Crippen LogP contribution is -2.33.